The fourth-order valence-electron chi connectivity index (χ4n) is 1.36. The van der Waals surface area contributed by atoms with Gasteiger partial charge in [-0.05, 0) is 51.1 Å². The number of hydrogen-bond donors (Lipinski definition) is 1. The lowest BCUT2D eigenvalue weighted by Gasteiger charge is -2.19. The first-order chi connectivity index (χ1) is 10.0. The maximum Gasteiger partial charge on any atom is 0.407 e. The minimum absolute atomic E-state index is 0.220. The lowest BCUT2D eigenvalue weighted by molar-refractivity contribution is 0.0534. The molecule has 1 N–H and O–H groups in total. The van der Waals surface area contributed by atoms with Crippen molar-refractivity contribution >= 4 is 27.5 Å². The molecule has 1 aromatic rings. The summed E-state index contributed by atoms with van der Waals surface area (Å²) >= 11 is 5.65. The van der Waals surface area contributed by atoms with Crippen molar-refractivity contribution < 1.29 is 22.3 Å². The van der Waals surface area contributed by atoms with Gasteiger partial charge in [-0.2, -0.15) is 4.39 Å². The summed E-state index contributed by atoms with van der Waals surface area (Å²) in [4.78, 5) is 11.1. The van der Waals surface area contributed by atoms with Gasteiger partial charge in [0, 0.05) is 11.6 Å². The Hall–Kier alpha value is -1.60. The number of nitrogens with one attached hydrogen (secondary N) is 1. The third-order valence-electron chi connectivity index (χ3n) is 2.29. The highest BCUT2D eigenvalue weighted by Gasteiger charge is 2.21. The van der Waals surface area contributed by atoms with E-state index in [1.54, 1.807) is 20.8 Å². The zero-order chi connectivity index (χ0) is 17.0. The van der Waals surface area contributed by atoms with Crippen LogP contribution in [-0.4, -0.2) is 26.7 Å². The number of hydrogen-bond acceptors (Lipinski definition) is 4. The van der Waals surface area contributed by atoms with E-state index in [-0.39, 0.29) is 11.4 Å². The lowest BCUT2D eigenvalue weighted by atomic mass is 10.2. The second-order valence-electron chi connectivity index (χ2n) is 5.35. The van der Waals surface area contributed by atoms with Crippen LogP contribution in [0.15, 0.2) is 40.4 Å². The van der Waals surface area contributed by atoms with Crippen molar-refractivity contribution in [2.75, 3.05) is 6.54 Å². The summed E-state index contributed by atoms with van der Waals surface area (Å²) in [6, 6.07) is 5.10. The molecule has 0 aromatic heterocycles. The van der Waals surface area contributed by atoms with Crippen LogP contribution in [-0.2, 0) is 14.6 Å². The smallest absolute Gasteiger partial charge is 0.407 e. The molecule has 0 radical (unpaired) electrons. The van der Waals surface area contributed by atoms with Crippen molar-refractivity contribution in [3.8, 4) is 0 Å². The molecule has 0 bridgehead atoms. The first-order valence-electron chi connectivity index (χ1n) is 6.35. The number of sulfone groups is 1. The molecule has 0 aliphatic rings. The van der Waals surface area contributed by atoms with Crippen molar-refractivity contribution in [2.45, 2.75) is 31.3 Å². The van der Waals surface area contributed by atoms with E-state index in [4.69, 9.17) is 16.3 Å². The van der Waals surface area contributed by atoms with Gasteiger partial charge in [0.05, 0.1) is 4.90 Å². The van der Waals surface area contributed by atoms with Gasteiger partial charge in [0.1, 0.15) is 5.60 Å². The number of benzene rings is 1. The van der Waals surface area contributed by atoms with Crippen molar-refractivity contribution in [1.82, 2.24) is 5.32 Å². The number of halogens is 2. The van der Waals surface area contributed by atoms with Crippen LogP contribution in [0.25, 0.3) is 0 Å². The molecule has 0 heterocycles. The number of alkyl carbamates (subject to hydrolysis) is 1. The summed E-state index contributed by atoms with van der Waals surface area (Å²) in [5.74, 6) is 0. The highest BCUT2D eigenvalue weighted by molar-refractivity contribution is 7.95. The number of carbonyl (C=O) groups excluding carboxylic acids is 1. The van der Waals surface area contributed by atoms with Crippen LogP contribution in [0.5, 0.6) is 0 Å². The van der Waals surface area contributed by atoms with Crippen LogP contribution in [0.2, 0.25) is 5.02 Å². The topological polar surface area (TPSA) is 72.5 Å². The Morgan fingerprint density at radius 3 is 2.36 bits per heavy atom. The monoisotopic (exact) mass is 349 g/mol. The maximum atomic E-state index is 13.8. The van der Waals surface area contributed by atoms with E-state index >= 15 is 0 Å². The van der Waals surface area contributed by atoms with E-state index in [9.17, 15) is 17.6 Å². The molecule has 1 aromatic carbocycles. The van der Waals surface area contributed by atoms with Gasteiger partial charge < -0.3 is 10.1 Å². The molecule has 0 saturated heterocycles. The summed E-state index contributed by atoms with van der Waals surface area (Å²) in [5.41, 5.74) is -0.693. The molecule has 0 fully saturated rings. The number of carbonyl (C=O) groups is 1. The molecule has 1 rings (SSSR count). The highest BCUT2D eigenvalue weighted by atomic mass is 35.5. The van der Waals surface area contributed by atoms with Gasteiger partial charge in [-0.3, -0.25) is 0 Å². The minimum Gasteiger partial charge on any atom is -0.444 e. The zero-order valence-corrected chi connectivity index (χ0v) is 14.0. The van der Waals surface area contributed by atoms with Crippen LogP contribution < -0.4 is 5.32 Å². The molecule has 0 aliphatic heterocycles. The van der Waals surface area contributed by atoms with Gasteiger partial charge in [-0.1, -0.05) is 11.6 Å². The molecule has 0 spiro atoms. The third kappa shape index (κ3) is 5.65. The number of amides is 1. The van der Waals surface area contributed by atoms with Crippen molar-refractivity contribution in [1.29, 1.82) is 0 Å². The molecule has 0 saturated carbocycles. The van der Waals surface area contributed by atoms with Crippen LogP contribution in [0.1, 0.15) is 20.8 Å². The summed E-state index contributed by atoms with van der Waals surface area (Å²) < 4.78 is 42.6. The average Bonchev–Trinajstić information content (AvgIpc) is 2.36. The fourth-order valence-corrected chi connectivity index (χ4v) is 2.51. The standard InChI is InChI=1S/C14H17ClFNO4S/c1-14(2,3)21-13(18)17-9-8-12(16)22(19,20)11-6-4-10(15)5-7-11/h4-8H,9H2,1-3H3,(H,17,18)/b12-8+. The molecule has 0 aliphatic carbocycles. The Morgan fingerprint density at radius 1 is 1.32 bits per heavy atom. The predicted octanol–water partition coefficient (Wildman–Crippen LogP) is 3.45. The van der Waals surface area contributed by atoms with Crippen molar-refractivity contribution in [3.63, 3.8) is 0 Å². The predicted molar refractivity (Wildman–Crippen MR) is 82.1 cm³/mol. The lowest BCUT2D eigenvalue weighted by Crippen LogP contribution is -2.32. The zero-order valence-electron chi connectivity index (χ0n) is 12.4. The number of ether oxygens (including phenoxy) is 1. The second-order valence-corrected chi connectivity index (χ2v) is 7.65. The van der Waals surface area contributed by atoms with Gasteiger partial charge in [-0.25, -0.2) is 13.2 Å². The van der Waals surface area contributed by atoms with E-state index in [1.165, 1.54) is 24.3 Å². The van der Waals surface area contributed by atoms with Crippen molar-refractivity contribution in [3.05, 3.63) is 40.5 Å². The van der Waals surface area contributed by atoms with Crippen molar-refractivity contribution in [2.24, 2.45) is 0 Å². The van der Waals surface area contributed by atoms with E-state index in [0.29, 0.717) is 5.02 Å². The first-order valence-corrected chi connectivity index (χ1v) is 8.21. The third-order valence-corrected chi connectivity index (χ3v) is 4.11. The molecular weight excluding hydrogens is 333 g/mol. The van der Waals surface area contributed by atoms with E-state index in [2.05, 4.69) is 5.32 Å². The molecule has 22 heavy (non-hydrogen) atoms. The summed E-state index contributed by atoms with van der Waals surface area (Å²) in [6.07, 6.45) is -0.00568. The van der Waals surface area contributed by atoms with Crippen LogP contribution >= 0.6 is 11.6 Å². The molecule has 0 atom stereocenters. The van der Waals surface area contributed by atoms with E-state index in [0.717, 1.165) is 6.08 Å². The molecule has 8 heteroatoms. The fraction of sp³-hybridized carbons (Fsp3) is 0.357. The largest absolute Gasteiger partial charge is 0.444 e. The summed E-state index contributed by atoms with van der Waals surface area (Å²) in [6.45, 7) is 4.71. The van der Waals surface area contributed by atoms with Gasteiger partial charge in [0.2, 0.25) is 15.0 Å². The minimum atomic E-state index is -4.25. The molecular formula is C14H17ClFNO4S. The van der Waals surface area contributed by atoms with Gasteiger partial charge in [0.25, 0.3) is 0 Å². The second kappa shape index (κ2) is 7.11. The van der Waals surface area contributed by atoms with Crippen LogP contribution in [0.4, 0.5) is 9.18 Å². The SMILES string of the molecule is CC(C)(C)OC(=O)NC/C=C(\F)S(=O)(=O)c1ccc(Cl)cc1. The summed E-state index contributed by atoms with van der Waals surface area (Å²) in [7, 11) is -4.25. The molecule has 5 nitrogen and oxygen atoms in total. The van der Waals surface area contributed by atoms with Gasteiger partial charge in [-0.15, -0.1) is 0 Å². The molecule has 0 unspecified atom stereocenters. The summed E-state index contributed by atoms with van der Waals surface area (Å²) in [5, 5.41) is 1.23. The molecule has 1 amide bonds. The van der Waals surface area contributed by atoms with Crippen LogP contribution in [0.3, 0.4) is 0 Å². The Labute approximate surface area is 134 Å². The highest BCUT2D eigenvalue weighted by Crippen LogP contribution is 2.21. The van der Waals surface area contributed by atoms with E-state index < -0.39 is 26.7 Å². The Balaban J connectivity index is 2.72. The van der Waals surface area contributed by atoms with Gasteiger partial charge >= 0.3 is 6.09 Å². The Morgan fingerprint density at radius 2 is 1.86 bits per heavy atom. The van der Waals surface area contributed by atoms with Crippen LogP contribution in [0, 0.1) is 0 Å². The van der Waals surface area contributed by atoms with E-state index in [1.807, 2.05) is 0 Å². The Kier molecular flexibility index (Phi) is 5.96. The Bertz CT molecular complexity index is 663. The maximum absolute atomic E-state index is 13.8. The normalized spacial score (nSPS) is 12.9. The van der Waals surface area contributed by atoms with Gasteiger partial charge in [0.15, 0.2) is 0 Å². The molecule has 122 valence electrons. The number of rotatable bonds is 4. The first kappa shape index (κ1) is 18.4. The quantitative estimate of drug-likeness (QED) is 0.903. The average molecular weight is 350 g/mol.